The highest BCUT2D eigenvalue weighted by Gasteiger charge is 2.16. The SMILES string of the molecule is Cc1ccc(Cl)c(NC(=O)C(=O)NCC(O)CC(C)C)c1. The monoisotopic (exact) mass is 312 g/mol. The van der Waals surface area contributed by atoms with Gasteiger partial charge in [-0.05, 0) is 37.0 Å². The quantitative estimate of drug-likeness (QED) is 0.729. The van der Waals surface area contributed by atoms with E-state index in [2.05, 4.69) is 10.6 Å². The van der Waals surface area contributed by atoms with Crippen LogP contribution in [0.5, 0.6) is 0 Å². The molecule has 2 amide bonds. The van der Waals surface area contributed by atoms with Crippen LogP contribution in [-0.4, -0.2) is 29.6 Å². The summed E-state index contributed by atoms with van der Waals surface area (Å²) in [7, 11) is 0. The molecule has 0 aliphatic heterocycles. The van der Waals surface area contributed by atoms with E-state index in [4.69, 9.17) is 11.6 Å². The molecular weight excluding hydrogens is 292 g/mol. The highest BCUT2D eigenvalue weighted by molar-refractivity contribution is 6.41. The number of carbonyl (C=O) groups excluding carboxylic acids is 2. The molecule has 21 heavy (non-hydrogen) atoms. The molecule has 0 spiro atoms. The summed E-state index contributed by atoms with van der Waals surface area (Å²) in [6, 6.07) is 5.14. The van der Waals surface area contributed by atoms with E-state index in [1.54, 1.807) is 18.2 Å². The van der Waals surface area contributed by atoms with Gasteiger partial charge in [-0.2, -0.15) is 0 Å². The summed E-state index contributed by atoms with van der Waals surface area (Å²) in [4.78, 5) is 23.4. The van der Waals surface area contributed by atoms with Crippen LogP contribution in [0.3, 0.4) is 0 Å². The predicted molar refractivity (Wildman–Crippen MR) is 83.3 cm³/mol. The van der Waals surface area contributed by atoms with E-state index in [9.17, 15) is 14.7 Å². The molecule has 1 aromatic carbocycles. The van der Waals surface area contributed by atoms with Gasteiger partial charge in [0.05, 0.1) is 16.8 Å². The molecule has 0 bridgehead atoms. The molecule has 6 heteroatoms. The summed E-state index contributed by atoms with van der Waals surface area (Å²) >= 11 is 5.94. The molecule has 0 aromatic heterocycles. The van der Waals surface area contributed by atoms with E-state index in [0.717, 1.165) is 5.56 Å². The molecule has 0 heterocycles. The first-order chi connectivity index (χ1) is 9.79. The topological polar surface area (TPSA) is 78.4 Å². The van der Waals surface area contributed by atoms with Gasteiger partial charge in [-0.3, -0.25) is 9.59 Å². The van der Waals surface area contributed by atoms with Crippen molar-refractivity contribution in [1.29, 1.82) is 0 Å². The average molecular weight is 313 g/mol. The Morgan fingerprint density at radius 1 is 1.29 bits per heavy atom. The molecule has 1 rings (SSSR count). The van der Waals surface area contributed by atoms with E-state index in [-0.39, 0.29) is 6.54 Å². The highest BCUT2D eigenvalue weighted by atomic mass is 35.5. The number of carbonyl (C=O) groups is 2. The standard InChI is InChI=1S/C15H21ClN2O3/c1-9(2)6-11(19)8-17-14(20)15(21)18-13-7-10(3)4-5-12(13)16/h4-5,7,9,11,19H,6,8H2,1-3H3,(H,17,20)(H,18,21). The lowest BCUT2D eigenvalue weighted by molar-refractivity contribution is -0.136. The van der Waals surface area contributed by atoms with Gasteiger partial charge >= 0.3 is 11.8 Å². The molecule has 1 unspecified atom stereocenters. The first kappa shape index (κ1) is 17.5. The van der Waals surface area contributed by atoms with Crippen LogP contribution in [0.2, 0.25) is 5.02 Å². The van der Waals surface area contributed by atoms with Crippen molar-refractivity contribution in [2.24, 2.45) is 5.92 Å². The van der Waals surface area contributed by atoms with Gasteiger partial charge in [-0.1, -0.05) is 31.5 Å². The largest absolute Gasteiger partial charge is 0.391 e. The lowest BCUT2D eigenvalue weighted by atomic mass is 10.1. The van der Waals surface area contributed by atoms with Gasteiger partial charge in [0.25, 0.3) is 0 Å². The number of hydrogen-bond acceptors (Lipinski definition) is 3. The molecule has 3 N–H and O–H groups in total. The molecule has 1 atom stereocenters. The Labute approximate surface area is 129 Å². The number of benzene rings is 1. The van der Waals surface area contributed by atoms with Crippen LogP contribution in [0.1, 0.15) is 25.8 Å². The lowest BCUT2D eigenvalue weighted by Crippen LogP contribution is -2.39. The van der Waals surface area contributed by atoms with Crippen LogP contribution >= 0.6 is 11.6 Å². The second-order valence-electron chi connectivity index (χ2n) is 5.43. The molecule has 116 valence electrons. The van der Waals surface area contributed by atoms with Crippen LogP contribution in [0.4, 0.5) is 5.69 Å². The molecular formula is C15H21ClN2O3. The van der Waals surface area contributed by atoms with Crippen LogP contribution in [-0.2, 0) is 9.59 Å². The van der Waals surface area contributed by atoms with Gasteiger partial charge in [0.2, 0.25) is 0 Å². The maximum Gasteiger partial charge on any atom is 0.313 e. The Balaban J connectivity index is 2.51. The second kappa shape index (κ2) is 8.00. The van der Waals surface area contributed by atoms with E-state index >= 15 is 0 Å². The number of amides is 2. The van der Waals surface area contributed by atoms with Crippen molar-refractivity contribution in [3.63, 3.8) is 0 Å². The molecule has 5 nitrogen and oxygen atoms in total. The fourth-order valence-electron chi connectivity index (χ4n) is 1.83. The van der Waals surface area contributed by atoms with Gasteiger partial charge in [0.1, 0.15) is 0 Å². The molecule has 0 aliphatic rings. The van der Waals surface area contributed by atoms with E-state index in [1.807, 2.05) is 20.8 Å². The minimum absolute atomic E-state index is 0.0476. The fourth-order valence-corrected chi connectivity index (χ4v) is 2.00. The number of nitrogens with one attached hydrogen (secondary N) is 2. The summed E-state index contributed by atoms with van der Waals surface area (Å²) in [6.07, 6.45) is -0.102. The number of halogens is 1. The number of aryl methyl sites for hydroxylation is 1. The van der Waals surface area contributed by atoms with Crippen molar-refractivity contribution in [2.45, 2.75) is 33.3 Å². The molecule has 0 saturated heterocycles. The van der Waals surface area contributed by atoms with Crippen LogP contribution in [0.25, 0.3) is 0 Å². The predicted octanol–water partition coefficient (Wildman–Crippen LogP) is 2.11. The van der Waals surface area contributed by atoms with Crippen LogP contribution in [0, 0.1) is 12.8 Å². The zero-order chi connectivity index (χ0) is 16.0. The van der Waals surface area contributed by atoms with E-state index in [1.165, 1.54) is 0 Å². The van der Waals surface area contributed by atoms with E-state index < -0.39 is 17.9 Å². The average Bonchev–Trinajstić information content (AvgIpc) is 2.39. The highest BCUT2D eigenvalue weighted by Crippen LogP contribution is 2.22. The first-order valence-corrected chi connectivity index (χ1v) is 7.20. The molecule has 0 radical (unpaired) electrons. The third kappa shape index (κ3) is 6.14. The van der Waals surface area contributed by atoms with Crippen molar-refractivity contribution >= 4 is 29.1 Å². The lowest BCUT2D eigenvalue weighted by Gasteiger charge is -2.14. The number of aliphatic hydroxyl groups excluding tert-OH is 1. The molecule has 0 aliphatic carbocycles. The minimum atomic E-state index is -0.806. The molecule has 0 saturated carbocycles. The molecule has 0 fully saturated rings. The fraction of sp³-hybridized carbons (Fsp3) is 0.467. The number of anilines is 1. The van der Waals surface area contributed by atoms with Crippen molar-refractivity contribution in [3.8, 4) is 0 Å². The van der Waals surface area contributed by atoms with Gasteiger partial charge < -0.3 is 15.7 Å². The Hall–Kier alpha value is -1.59. The number of rotatable bonds is 5. The Morgan fingerprint density at radius 3 is 2.57 bits per heavy atom. The second-order valence-corrected chi connectivity index (χ2v) is 5.84. The van der Waals surface area contributed by atoms with Gasteiger partial charge in [0.15, 0.2) is 0 Å². The summed E-state index contributed by atoms with van der Waals surface area (Å²) < 4.78 is 0. The third-order valence-corrected chi connectivity index (χ3v) is 3.15. The zero-order valence-electron chi connectivity index (χ0n) is 12.4. The van der Waals surface area contributed by atoms with Crippen molar-refractivity contribution in [2.75, 3.05) is 11.9 Å². The number of hydrogen-bond donors (Lipinski definition) is 3. The normalized spacial score (nSPS) is 12.1. The van der Waals surface area contributed by atoms with Crippen molar-refractivity contribution in [3.05, 3.63) is 28.8 Å². The summed E-state index contributed by atoms with van der Waals surface area (Å²) in [5.74, 6) is -1.29. The van der Waals surface area contributed by atoms with E-state index in [0.29, 0.717) is 23.0 Å². The minimum Gasteiger partial charge on any atom is -0.391 e. The van der Waals surface area contributed by atoms with Gasteiger partial charge in [-0.15, -0.1) is 0 Å². The van der Waals surface area contributed by atoms with Crippen LogP contribution < -0.4 is 10.6 Å². The maximum atomic E-state index is 11.7. The molecule has 1 aromatic rings. The third-order valence-electron chi connectivity index (χ3n) is 2.82. The summed E-state index contributed by atoms with van der Waals surface area (Å²) in [5, 5.41) is 14.9. The van der Waals surface area contributed by atoms with Crippen LogP contribution in [0.15, 0.2) is 18.2 Å². The maximum absolute atomic E-state index is 11.7. The van der Waals surface area contributed by atoms with Gasteiger partial charge in [-0.25, -0.2) is 0 Å². The van der Waals surface area contributed by atoms with Crippen molar-refractivity contribution in [1.82, 2.24) is 5.32 Å². The summed E-state index contributed by atoms with van der Waals surface area (Å²) in [5.41, 5.74) is 1.31. The van der Waals surface area contributed by atoms with Gasteiger partial charge in [0, 0.05) is 6.54 Å². The Kier molecular flexibility index (Phi) is 6.65. The smallest absolute Gasteiger partial charge is 0.313 e. The zero-order valence-corrected chi connectivity index (χ0v) is 13.2. The first-order valence-electron chi connectivity index (χ1n) is 6.83. The Morgan fingerprint density at radius 2 is 1.95 bits per heavy atom. The summed E-state index contributed by atoms with van der Waals surface area (Å²) in [6.45, 7) is 5.84. The Bertz CT molecular complexity index is 518. The number of aliphatic hydroxyl groups is 1. The van der Waals surface area contributed by atoms with Crippen molar-refractivity contribution < 1.29 is 14.7 Å².